The molecule has 1 fully saturated rings. The van der Waals surface area contributed by atoms with Crippen molar-refractivity contribution in [3.63, 3.8) is 0 Å². The van der Waals surface area contributed by atoms with E-state index < -0.39 is 0 Å². The molecule has 1 aromatic carbocycles. The lowest BCUT2D eigenvalue weighted by molar-refractivity contribution is -0.144. The fourth-order valence-electron chi connectivity index (χ4n) is 3.44. The van der Waals surface area contributed by atoms with Gasteiger partial charge in [0.2, 0.25) is 5.91 Å². The molecule has 1 N–H and O–H groups in total. The average molecular weight is 288 g/mol. The summed E-state index contributed by atoms with van der Waals surface area (Å²) in [5.74, 6) is 1.21. The number of para-hydroxylation sites is 1. The number of rotatable bonds is 2. The van der Waals surface area contributed by atoms with Crippen LogP contribution in [-0.2, 0) is 11.3 Å². The van der Waals surface area contributed by atoms with Gasteiger partial charge >= 0.3 is 0 Å². The van der Waals surface area contributed by atoms with Crippen LogP contribution in [0.15, 0.2) is 24.3 Å². The van der Waals surface area contributed by atoms with Crippen LogP contribution in [0.25, 0.3) is 0 Å². The second-order valence-corrected chi connectivity index (χ2v) is 6.10. The quantitative estimate of drug-likeness (QED) is 0.907. The zero-order valence-electron chi connectivity index (χ0n) is 12.7. The predicted molar refractivity (Wildman–Crippen MR) is 82.2 cm³/mol. The van der Waals surface area contributed by atoms with E-state index in [0.717, 1.165) is 43.7 Å². The third-order valence-electron chi connectivity index (χ3n) is 4.84. The number of piperidine rings is 1. The minimum Gasteiger partial charge on any atom is -0.491 e. The Bertz CT molecular complexity index is 509. The molecule has 1 aromatic rings. The molecule has 1 saturated heterocycles. The molecular weight excluding hydrogens is 264 g/mol. The van der Waals surface area contributed by atoms with Gasteiger partial charge in [-0.25, -0.2) is 0 Å². The maximum atomic E-state index is 13.1. The summed E-state index contributed by atoms with van der Waals surface area (Å²) in [5.41, 5.74) is 0.885. The van der Waals surface area contributed by atoms with Crippen molar-refractivity contribution >= 4 is 5.91 Å². The van der Waals surface area contributed by atoms with Crippen LogP contribution in [0.3, 0.4) is 0 Å². The number of carbonyl (C=O) groups excluding carboxylic acids is 1. The molecular formula is C17H24N2O2. The number of hydrogen-bond donors (Lipinski definition) is 1. The van der Waals surface area contributed by atoms with Gasteiger partial charge in [-0.15, -0.1) is 0 Å². The van der Waals surface area contributed by atoms with Crippen LogP contribution in [0.1, 0.15) is 31.7 Å². The van der Waals surface area contributed by atoms with Crippen LogP contribution in [0.4, 0.5) is 0 Å². The van der Waals surface area contributed by atoms with Crippen LogP contribution >= 0.6 is 0 Å². The molecule has 2 aliphatic heterocycles. The first kappa shape index (κ1) is 14.4. The van der Waals surface area contributed by atoms with E-state index in [9.17, 15) is 4.79 Å². The van der Waals surface area contributed by atoms with Gasteiger partial charge in [-0.3, -0.25) is 4.79 Å². The van der Waals surface area contributed by atoms with Gasteiger partial charge in [0.05, 0.1) is 12.0 Å². The van der Waals surface area contributed by atoms with E-state index in [1.165, 1.54) is 0 Å². The molecule has 4 heteroatoms. The zero-order valence-corrected chi connectivity index (χ0v) is 12.7. The summed E-state index contributed by atoms with van der Waals surface area (Å²) >= 11 is 0. The lowest BCUT2D eigenvalue weighted by Gasteiger charge is -2.39. The lowest BCUT2D eigenvalue weighted by Crippen LogP contribution is -2.51. The fourth-order valence-corrected chi connectivity index (χ4v) is 3.44. The molecule has 0 aliphatic carbocycles. The maximum absolute atomic E-state index is 13.1. The summed E-state index contributed by atoms with van der Waals surface area (Å²) in [4.78, 5) is 15.1. The largest absolute Gasteiger partial charge is 0.491 e. The van der Waals surface area contributed by atoms with Crippen LogP contribution in [0.2, 0.25) is 0 Å². The summed E-state index contributed by atoms with van der Waals surface area (Å²) in [6.45, 7) is 5.89. The molecule has 4 nitrogen and oxygen atoms in total. The molecule has 1 atom stereocenters. The SMILES string of the molecule is CCC1(C(=O)N2CCOc3ccccc3C2)CCCNC1. The van der Waals surface area contributed by atoms with Crippen LogP contribution in [0.5, 0.6) is 5.75 Å². The second kappa shape index (κ2) is 6.06. The Labute approximate surface area is 126 Å². The van der Waals surface area contributed by atoms with E-state index in [1.54, 1.807) is 0 Å². The van der Waals surface area contributed by atoms with Crippen molar-refractivity contribution in [1.29, 1.82) is 0 Å². The Morgan fingerprint density at radius 2 is 2.29 bits per heavy atom. The molecule has 0 radical (unpaired) electrons. The fraction of sp³-hybridized carbons (Fsp3) is 0.588. The van der Waals surface area contributed by atoms with Gasteiger partial charge in [-0.05, 0) is 31.9 Å². The maximum Gasteiger partial charge on any atom is 0.230 e. The number of nitrogens with one attached hydrogen (secondary N) is 1. The third-order valence-corrected chi connectivity index (χ3v) is 4.84. The van der Waals surface area contributed by atoms with Gasteiger partial charge in [0.25, 0.3) is 0 Å². The lowest BCUT2D eigenvalue weighted by atomic mass is 9.77. The van der Waals surface area contributed by atoms with Crippen molar-refractivity contribution in [2.24, 2.45) is 5.41 Å². The van der Waals surface area contributed by atoms with E-state index in [-0.39, 0.29) is 11.3 Å². The number of amides is 1. The number of hydrogen-bond acceptors (Lipinski definition) is 3. The van der Waals surface area contributed by atoms with E-state index in [1.807, 2.05) is 23.1 Å². The smallest absolute Gasteiger partial charge is 0.230 e. The Morgan fingerprint density at radius 3 is 3.05 bits per heavy atom. The van der Waals surface area contributed by atoms with Gasteiger partial charge in [0.1, 0.15) is 12.4 Å². The van der Waals surface area contributed by atoms with E-state index in [0.29, 0.717) is 19.7 Å². The third kappa shape index (κ3) is 2.77. The first-order valence-corrected chi connectivity index (χ1v) is 7.96. The molecule has 0 bridgehead atoms. The van der Waals surface area contributed by atoms with Crippen molar-refractivity contribution in [2.75, 3.05) is 26.2 Å². The summed E-state index contributed by atoms with van der Waals surface area (Å²) < 4.78 is 5.77. The highest BCUT2D eigenvalue weighted by molar-refractivity contribution is 5.83. The van der Waals surface area contributed by atoms with Gasteiger partial charge in [0, 0.05) is 18.7 Å². The zero-order chi connectivity index (χ0) is 14.7. The number of nitrogens with zero attached hydrogens (tertiary/aromatic N) is 1. The van der Waals surface area contributed by atoms with Gasteiger partial charge in [-0.1, -0.05) is 25.1 Å². The highest BCUT2D eigenvalue weighted by atomic mass is 16.5. The summed E-state index contributed by atoms with van der Waals surface area (Å²) in [6.07, 6.45) is 2.98. The first-order chi connectivity index (χ1) is 10.2. The molecule has 1 unspecified atom stereocenters. The minimum atomic E-state index is -0.225. The molecule has 0 spiro atoms. The van der Waals surface area contributed by atoms with Gasteiger partial charge in [-0.2, -0.15) is 0 Å². The average Bonchev–Trinajstić information content (AvgIpc) is 2.77. The Hall–Kier alpha value is -1.55. The van der Waals surface area contributed by atoms with Crippen LogP contribution < -0.4 is 10.1 Å². The molecule has 0 saturated carbocycles. The number of benzene rings is 1. The molecule has 114 valence electrons. The van der Waals surface area contributed by atoms with Crippen molar-refractivity contribution in [1.82, 2.24) is 10.2 Å². The highest BCUT2D eigenvalue weighted by Gasteiger charge is 2.40. The normalized spacial score (nSPS) is 25.7. The van der Waals surface area contributed by atoms with Crippen molar-refractivity contribution < 1.29 is 9.53 Å². The van der Waals surface area contributed by atoms with Crippen LogP contribution in [0, 0.1) is 5.41 Å². The van der Waals surface area contributed by atoms with Gasteiger partial charge in [0.15, 0.2) is 0 Å². The van der Waals surface area contributed by atoms with E-state index in [4.69, 9.17) is 4.74 Å². The minimum absolute atomic E-state index is 0.225. The molecule has 0 aromatic heterocycles. The van der Waals surface area contributed by atoms with Crippen molar-refractivity contribution in [2.45, 2.75) is 32.7 Å². The molecule has 3 rings (SSSR count). The summed E-state index contributed by atoms with van der Waals surface area (Å²) in [5, 5.41) is 3.40. The predicted octanol–water partition coefficient (Wildman–Crippen LogP) is 2.19. The van der Waals surface area contributed by atoms with Crippen molar-refractivity contribution in [3.05, 3.63) is 29.8 Å². The first-order valence-electron chi connectivity index (χ1n) is 7.96. The second-order valence-electron chi connectivity index (χ2n) is 6.10. The van der Waals surface area contributed by atoms with Crippen molar-refractivity contribution in [3.8, 4) is 5.75 Å². The summed E-state index contributed by atoms with van der Waals surface area (Å²) in [7, 11) is 0. The Morgan fingerprint density at radius 1 is 1.43 bits per heavy atom. The van der Waals surface area contributed by atoms with E-state index in [2.05, 4.69) is 18.3 Å². The molecule has 2 aliphatic rings. The standard InChI is InChI=1S/C17H24N2O2/c1-2-17(8-5-9-18-13-17)16(20)19-10-11-21-15-7-4-3-6-14(15)12-19/h3-4,6-7,18H,2,5,8-13H2,1H3. The topological polar surface area (TPSA) is 41.6 Å². The van der Waals surface area contributed by atoms with Crippen LogP contribution in [-0.4, -0.2) is 37.0 Å². The van der Waals surface area contributed by atoms with Gasteiger partial charge < -0.3 is 15.0 Å². The monoisotopic (exact) mass is 288 g/mol. The summed E-state index contributed by atoms with van der Waals surface area (Å²) in [6, 6.07) is 8.03. The highest BCUT2D eigenvalue weighted by Crippen LogP contribution is 2.34. The number of ether oxygens (including phenoxy) is 1. The van der Waals surface area contributed by atoms with E-state index >= 15 is 0 Å². The Kier molecular flexibility index (Phi) is 4.15. The number of carbonyl (C=O) groups is 1. The Balaban J connectivity index is 1.81. The molecule has 2 heterocycles. The number of fused-ring (bicyclic) bond motifs is 1. The molecule has 1 amide bonds. The molecule has 21 heavy (non-hydrogen) atoms.